The molecule has 0 saturated carbocycles. The first-order valence-corrected chi connectivity index (χ1v) is 9.68. The van der Waals surface area contributed by atoms with Crippen LogP contribution in [0.1, 0.15) is 22.3 Å². The lowest BCUT2D eigenvalue weighted by atomic mass is 10.0. The van der Waals surface area contributed by atoms with Crippen molar-refractivity contribution in [1.29, 1.82) is 0 Å². The minimum atomic E-state index is -1.25. The average Bonchev–Trinajstić information content (AvgIpc) is 3.00. The highest BCUT2D eigenvalue weighted by atomic mass is 19.1. The number of halogens is 1. The second-order valence-electron chi connectivity index (χ2n) is 7.35. The van der Waals surface area contributed by atoms with Crippen LogP contribution in [0.5, 0.6) is 0 Å². The summed E-state index contributed by atoms with van der Waals surface area (Å²) in [7, 11) is 1.66. The van der Waals surface area contributed by atoms with Crippen LogP contribution in [0.15, 0.2) is 54.6 Å². The largest absolute Gasteiger partial charge is 0.388 e. The molecule has 2 aromatic carbocycles. The molecule has 1 fully saturated rings. The topological polar surface area (TPSA) is 99.1 Å². The van der Waals surface area contributed by atoms with E-state index in [9.17, 15) is 24.2 Å². The summed E-state index contributed by atoms with van der Waals surface area (Å²) in [6.07, 6.45) is -4.38. The third kappa shape index (κ3) is 5.41. The molecule has 0 bridgehead atoms. The van der Waals surface area contributed by atoms with Crippen molar-refractivity contribution >= 4 is 11.8 Å². The van der Waals surface area contributed by atoms with Crippen molar-refractivity contribution in [3.63, 3.8) is 0 Å². The van der Waals surface area contributed by atoms with E-state index in [0.717, 1.165) is 11.6 Å². The molecule has 4 atom stereocenters. The zero-order valence-corrected chi connectivity index (χ0v) is 16.6. The Morgan fingerprint density at radius 2 is 1.77 bits per heavy atom. The lowest BCUT2D eigenvalue weighted by Crippen LogP contribution is -2.40. The van der Waals surface area contributed by atoms with Gasteiger partial charge in [-0.1, -0.05) is 36.4 Å². The second kappa shape index (κ2) is 9.80. The maximum absolute atomic E-state index is 13.2. The van der Waals surface area contributed by atoms with Crippen LogP contribution >= 0.6 is 0 Å². The second-order valence-corrected chi connectivity index (χ2v) is 7.35. The fourth-order valence-electron chi connectivity index (χ4n) is 3.36. The summed E-state index contributed by atoms with van der Waals surface area (Å²) < 4.78 is 18.9. The van der Waals surface area contributed by atoms with Gasteiger partial charge in [0.2, 0.25) is 5.91 Å². The van der Waals surface area contributed by atoms with Gasteiger partial charge in [0.05, 0.1) is 12.5 Å². The summed E-state index contributed by atoms with van der Waals surface area (Å²) in [6.45, 7) is 0.330. The fraction of sp³-hybridized carbons (Fsp3) is 0.364. The van der Waals surface area contributed by atoms with Crippen molar-refractivity contribution in [3.8, 4) is 0 Å². The normalized spacial score (nSPS) is 23.2. The van der Waals surface area contributed by atoms with Gasteiger partial charge < -0.3 is 25.2 Å². The van der Waals surface area contributed by atoms with E-state index in [1.807, 2.05) is 30.3 Å². The van der Waals surface area contributed by atoms with Crippen LogP contribution in [-0.4, -0.2) is 64.9 Å². The highest BCUT2D eigenvalue weighted by molar-refractivity contribution is 5.94. The summed E-state index contributed by atoms with van der Waals surface area (Å²) in [5, 5.41) is 23.0. The zero-order valence-electron chi connectivity index (χ0n) is 16.6. The van der Waals surface area contributed by atoms with Crippen LogP contribution < -0.4 is 5.32 Å². The predicted molar refractivity (Wildman–Crippen MR) is 107 cm³/mol. The molecule has 30 heavy (non-hydrogen) atoms. The maximum Gasteiger partial charge on any atom is 0.251 e. The Morgan fingerprint density at radius 3 is 2.47 bits per heavy atom. The summed E-state index contributed by atoms with van der Waals surface area (Å²) in [5.41, 5.74) is 1.11. The Bertz CT molecular complexity index is 879. The lowest BCUT2D eigenvalue weighted by molar-refractivity contribution is -0.134. The number of ether oxygens (including phenoxy) is 1. The van der Waals surface area contributed by atoms with Crippen LogP contribution in [-0.2, 0) is 16.1 Å². The van der Waals surface area contributed by atoms with Gasteiger partial charge in [0.15, 0.2) is 0 Å². The zero-order chi connectivity index (χ0) is 21.7. The molecule has 1 aliphatic rings. The van der Waals surface area contributed by atoms with Crippen LogP contribution in [0.2, 0.25) is 0 Å². The van der Waals surface area contributed by atoms with E-state index in [-0.39, 0.29) is 24.4 Å². The first kappa shape index (κ1) is 21.9. The summed E-state index contributed by atoms with van der Waals surface area (Å²) in [4.78, 5) is 26.1. The number of nitrogens with one attached hydrogen (secondary N) is 1. The Kier molecular flexibility index (Phi) is 7.15. The molecule has 2 aromatic rings. The lowest BCUT2D eigenvalue weighted by Gasteiger charge is -2.21. The monoisotopic (exact) mass is 416 g/mol. The third-order valence-corrected chi connectivity index (χ3v) is 5.08. The van der Waals surface area contributed by atoms with E-state index in [1.165, 1.54) is 23.1 Å². The molecule has 1 heterocycles. The Hall–Kier alpha value is -2.81. The van der Waals surface area contributed by atoms with Crippen LogP contribution in [0.3, 0.4) is 0 Å². The number of hydrogen-bond acceptors (Lipinski definition) is 5. The number of aliphatic hydroxyl groups excluding tert-OH is 2. The number of carbonyl (C=O) groups excluding carboxylic acids is 2. The van der Waals surface area contributed by atoms with Crippen molar-refractivity contribution in [2.24, 2.45) is 0 Å². The minimum absolute atomic E-state index is 0.0852. The standard InChI is InChI=1S/C22H25FN2O5/c1-25(13-14-6-3-2-4-7-14)19(26)11-17-20(27)21(28)18(30-17)12-24-22(29)15-8-5-9-16(23)10-15/h2-10,17-18,20-21,27-28H,11-13H2,1H3,(H,24,29). The van der Waals surface area contributed by atoms with Crippen molar-refractivity contribution < 1.29 is 28.9 Å². The van der Waals surface area contributed by atoms with E-state index < -0.39 is 36.1 Å². The van der Waals surface area contributed by atoms with Gasteiger partial charge in [-0.05, 0) is 23.8 Å². The van der Waals surface area contributed by atoms with Gasteiger partial charge in [-0.3, -0.25) is 9.59 Å². The molecule has 1 saturated heterocycles. The molecular weight excluding hydrogens is 391 g/mol. The molecule has 3 rings (SSSR count). The molecule has 0 spiro atoms. The average molecular weight is 416 g/mol. The molecule has 3 N–H and O–H groups in total. The van der Waals surface area contributed by atoms with Gasteiger partial charge in [0.25, 0.3) is 5.91 Å². The highest BCUT2D eigenvalue weighted by Crippen LogP contribution is 2.24. The predicted octanol–water partition coefficient (Wildman–Crippen LogP) is 1.09. The van der Waals surface area contributed by atoms with Crippen molar-refractivity contribution in [3.05, 3.63) is 71.5 Å². The van der Waals surface area contributed by atoms with E-state index in [1.54, 1.807) is 7.05 Å². The molecule has 8 heteroatoms. The third-order valence-electron chi connectivity index (χ3n) is 5.08. The van der Waals surface area contributed by atoms with E-state index in [4.69, 9.17) is 4.74 Å². The minimum Gasteiger partial charge on any atom is -0.388 e. The highest BCUT2D eigenvalue weighted by Gasteiger charge is 2.43. The van der Waals surface area contributed by atoms with Gasteiger partial charge in [0, 0.05) is 25.7 Å². The molecule has 1 aliphatic heterocycles. The summed E-state index contributed by atoms with van der Waals surface area (Å²) >= 11 is 0. The molecule has 2 amide bonds. The van der Waals surface area contributed by atoms with Gasteiger partial charge >= 0.3 is 0 Å². The first-order chi connectivity index (χ1) is 14.3. The number of hydrogen-bond donors (Lipinski definition) is 3. The molecular formula is C22H25FN2O5. The number of rotatable bonds is 7. The van der Waals surface area contributed by atoms with Gasteiger partial charge in [-0.15, -0.1) is 0 Å². The molecule has 7 nitrogen and oxygen atoms in total. The van der Waals surface area contributed by atoms with Crippen molar-refractivity contribution in [2.75, 3.05) is 13.6 Å². The Labute approximate surface area is 174 Å². The quantitative estimate of drug-likeness (QED) is 0.628. The summed E-state index contributed by atoms with van der Waals surface area (Å²) in [5.74, 6) is -1.30. The van der Waals surface area contributed by atoms with Crippen LogP contribution in [0, 0.1) is 5.82 Å². The number of benzene rings is 2. The number of amides is 2. The first-order valence-electron chi connectivity index (χ1n) is 9.68. The smallest absolute Gasteiger partial charge is 0.251 e. The van der Waals surface area contributed by atoms with Gasteiger partial charge in [0.1, 0.15) is 24.1 Å². The van der Waals surface area contributed by atoms with Crippen LogP contribution in [0.25, 0.3) is 0 Å². The van der Waals surface area contributed by atoms with E-state index in [0.29, 0.717) is 6.54 Å². The molecule has 0 radical (unpaired) electrons. The van der Waals surface area contributed by atoms with Crippen molar-refractivity contribution in [2.45, 2.75) is 37.4 Å². The van der Waals surface area contributed by atoms with Crippen LogP contribution in [0.4, 0.5) is 4.39 Å². The molecule has 160 valence electrons. The number of aliphatic hydroxyl groups is 2. The molecule has 4 unspecified atom stereocenters. The molecule has 0 aromatic heterocycles. The van der Waals surface area contributed by atoms with Crippen molar-refractivity contribution in [1.82, 2.24) is 10.2 Å². The van der Waals surface area contributed by atoms with E-state index in [2.05, 4.69) is 5.32 Å². The maximum atomic E-state index is 13.2. The van der Waals surface area contributed by atoms with Gasteiger partial charge in [-0.25, -0.2) is 4.39 Å². The SMILES string of the molecule is CN(Cc1ccccc1)C(=O)CC1OC(CNC(=O)c2cccc(F)c2)C(O)C1O. The number of carbonyl (C=O) groups is 2. The fourth-order valence-corrected chi connectivity index (χ4v) is 3.36. The van der Waals surface area contributed by atoms with Gasteiger partial charge in [-0.2, -0.15) is 0 Å². The Balaban J connectivity index is 1.51. The molecule has 0 aliphatic carbocycles. The Morgan fingerprint density at radius 1 is 1.07 bits per heavy atom. The summed E-state index contributed by atoms with van der Waals surface area (Å²) in [6, 6.07) is 14.7. The number of nitrogens with zero attached hydrogens (tertiary/aromatic N) is 1. The van der Waals surface area contributed by atoms with E-state index >= 15 is 0 Å².